The summed E-state index contributed by atoms with van der Waals surface area (Å²) in [5, 5.41) is 11.5. The van der Waals surface area contributed by atoms with Gasteiger partial charge in [0.1, 0.15) is 0 Å². The number of methoxy groups -OCH3 is 1. The van der Waals surface area contributed by atoms with Crippen LogP contribution in [0.4, 0.5) is 0 Å². The predicted octanol–water partition coefficient (Wildman–Crippen LogP) is 0.936. The summed E-state index contributed by atoms with van der Waals surface area (Å²) in [6, 6.07) is 0. The van der Waals surface area contributed by atoms with E-state index in [1.165, 1.54) is 0 Å². The van der Waals surface area contributed by atoms with Crippen LogP contribution in [0, 0.1) is 5.92 Å². The largest absolute Gasteiger partial charge is 0.396 e. The minimum absolute atomic E-state index is 0.0590. The molecule has 1 amide bonds. The van der Waals surface area contributed by atoms with Crippen LogP contribution in [0.5, 0.6) is 0 Å². The van der Waals surface area contributed by atoms with E-state index in [0.717, 1.165) is 12.8 Å². The molecule has 4 nitrogen and oxygen atoms in total. The summed E-state index contributed by atoms with van der Waals surface area (Å²) in [5.74, 6) is 0.391. The van der Waals surface area contributed by atoms with Gasteiger partial charge in [-0.1, -0.05) is 6.92 Å². The summed E-state index contributed by atoms with van der Waals surface area (Å²) >= 11 is 0. The van der Waals surface area contributed by atoms with E-state index in [4.69, 9.17) is 9.84 Å². The lowest BCUT2D eigenvalue weighted by Crippen LogP contribution is -2.29. The number of aliphatic hydroxyl groups is 1. The minimum atomic E-state index is 0.0590. The standard InChI is InChI=1S/C11H23NO3/c1-9(6-7-13)8-12-11(14)5-4-10(2)15-3/h9-10,13H,4-8H2,1-3H3,(H,12,14). The minimum Gasteiger partial charge on any atom is -0.396 e. The van der Waals surface area contributed by atoms with Crippen molar-refractivity contribution in [1.82, 2.24) is 5.32 Å². The Morgan fingerprint density at radius 2 is 2.07 bits per heavy atom. The molecule has 0 aromatic rings. The fraction of sp³-hybridized carbons (Fsp3) is 0.909. The van der Waals surface area contributed by atoms with E-state index in [2.05, 4.69) is 5.32 Å². The highest BCUT2D eigenvalue weighted by Gasteiger charge is 2.07. The molecule has 15 heavy (non-hydrogen) atoms. The molecule has 4 heteroatoms. The zero-order valence-corrected chi connectivity index (χ0v) is 9.95. The molecular weight excluding hydrogens is 194 g/mol. The molecular formula is C11H23NO3. The monoisotopic (exact) mass is 217 g/mol. The molecule has 0 aliphatic carbocycles. The van der Waals surface area contributed by atoms with E-state index in [1.54, 1.807) is 7.11 Å². The molecule has 0 saturated heterocycles. The van der Waals surface area contributed by atoms with Gasteiger partial charge in [-0.05, 0) is 25.7 Å². The Morgan fingerprint density at radius 3 is 2.60 bits per heavy atom. The van der Waals surface area contributed by atoms with Crippen LogP contribution in [0.1, 0.15) is 33.1 Å². The molecule has 0 saturated carbocycles. The van der Waals surface area contributed by atoms with Crippen molar-refractivity contribution < 1.29 is 14.6 Å². The summed E-state index contributed by atoms with van der Waals surface area (Å²) in [7, 11) is 1.64. The fourth-order valence-electron chi connectivity index (χ4n) is 1.15. The van der Waals surface area contributed by atoms with Crippen LogP contribution in [0.3, 0.4) is 0 Å². The number of rotatable bonds is 8. The number of hydrogen-bond donors (Lipinski definition) is 2. The Bertz CT molecular complexity index is 173. The number of amides is 1. The van der Waals surface area contributed by atoms with Gasteiger partial charge in [0.15, 0.2) is 0 Å². The van der Waals surface area contributed by atoms with Crippen LogP contribution in [-0.2, 0) is 9.53 Å². The number of aliphatic hydroxyl groups excluding tert-OH is 1. The third-order valence-corrected chi connectivity index (χ3v) is 2.45. The molecule has 2 unspecified atom stereocenters. The molecule has 2 N–H and O–H groups in total. The average Bonchev–Trinajstić information content (AvgIpc) is 2.23. The van der Waals surface area contributed by atoms with E-state index in [-0.39, 0.29) is 18.6 Å². The van der Waals surface area contributed by atoms with Gasteiger partial charge in [-0.2, -0.15) is 0 Å². The topological polar surface area (TPSA) is 58.6 Å². The Labute approximate surface area is 92.0 Å². The van der Waals surface area contributed by atoms with Crippen LogP contribution in [-0.4, -0.2) is 37.4 Å². The number of hydrogen-bond acceptors (Lipinski definition) is 3. The lowest BCUT2D eigenvalue weighted by atomic mass is 10.1. The first kappa shape index (κ1) is 14.4. The number of carbonyl (C=O) groups excluding carboxylic acids is 1. The van der Waals surface area contributed by atoms with E-state index in [9.17, 15) is 4.79 Å². The van der Waals surface area contributed by atoms with Crippen molar-refractivity contribution >= 4 is 5.91 Å². The second-order valence-corrected chi connectivity index (χ2v) is 4.01. The molecule has 0 aromatic carbocycles. The smallest absolute Gasteiger partial charge is 0.220 e. The molecule has 0 bridgehead atoms. The summed E-state index contributed by atoms with van der Waals surface area (Å²) in [6.45, 7) is 4.77. The van der Waals surface area contributed by atoms with Gasteiger partial charge < -0.3 is 15.2 Å². The van der Waals surface area contributed by atoms with Crippen LogP contribution >= 0.6 is 0 Å². The Morgan fingerprint density at radius 1 is 1.40 bits per heavy atom. The zero-order valence-electron chi connectivity index (χ0n) is 9.95. The van der Waals surface area contributed by atoms with Gasteiger partial charge in [-0.3, -0.25) is 4.79 Å². The van der Waals surface area contributed by atoms with Crippen molar-refractivity contribution in [1.29, 1.82) is 0 Å². The zero-order chi connectivity index (χ0) is 11.7. The maximum Gasteiger partial charge on any atom is 0.220 e. The van der Waals surface area contributed by atoms with Gasteiger partial charge in [0.05, 0.1) is 6.10 Å². The van der Waals surface area contributed by atoms with Gasteiger partial charge >= 0.3 is 0 Å². The quantitative estimate of drug-likeness (QED) is 0.636. The van der Waals surface area contributed by atoms with Crippen molar-refractivity contribution in [2.75, 3.05) is 20.3 Å². The van der Waals surface area contributed by atoms with E-state index in [1.807, 2.05) is 13.8 Å². The van der Waals surface area contributed by atoms with Gasteiger partial charge in [-0.25, -0.2) is 0 Å². The Hall–Kier alpha value is -0.610. The first-order valence-corrected chi connectivity index (χ1v) is 5.50. The normalized spacial score (nSPS) is 14.7. The van der Waals surface area contributed by atoms with Crippen molar-refractivity contribution in [2.45, 2.75) is 39.2 Å². The molecule has 0 radical (unpaired) electrons. The van der Waals surface area contributed by atoms with Gasteiger partial charge in [0.25, 0.3) is 0 Å². The Balaban J connectivity index is 3.48. The van der Waals surface area contributed by atoms with Gasteiger partial charge in [-0.15, -0.1) is 0 Å². The third kappa shape index (κ3) is 8.39. The van der Waals surface area contributed by atoms with Crippen molar-refractivity contribution in [3.05, 3.63) is 0 Å². The van der Waals surface area contributed by atoms with E-state index >= 15 is 0 Å². The van der Waals surface area contributed by atoms with Crippen LogP contribution in [0.25, 0.3) is 0 Å². The molecule has 0 aliphatic heterocycles. The first-order chi connectivity index (χ1) is 7.10. The number of carbonyl (C=O) groups is 1. The highest BCUT2D eigenvalue weighted by molar-refractivity contribution is 5.75. The lowest BCUT2D eigenvalue weighted by molar-refractivity contribution is -0.121. The fourth-order valence-corrected chi connectivity index (χ4v) is 1.15. The number of nitrogens with one attached hydrogen (secondary N) is 1. The average molecular weight is 217 g/mol. The first-order valence-electron chi connectivity index (χ1n) is 5.50. The SMILES string of the molecule is COC(C)CCC(=O)NCC(C)CCO. The molecule has 0 spiro atoms. The van der Waals surface area contributed by atoms with E-state index in [0.29, 0.717) is 18.9 Å². The lowest BCUT2D eigenvalue weighted by Gasteiger charge is -2.12. The maximum atomic E-state index is 11.3. The summed E-state index contributed by atoms with van der Waals surface area (Å²) in [6.07, 6.45) is 2.11. The molecule has 0 aromatic heterocycles. The van der Waals surface area contributed by atoms with Gasteiger partial charge in [0, 0.05) is 26.7 Å². The van der Waals surface area contributed by atoms with E-state index < -0.39 is 0 Å². The summed E-state index contributed by atoms with van der Waals surface area (Å²) < 4.78 is 5.05. The second-order valence-electron chi connectivity index (χ2n) is 4.01. The van der Waals surface area contributed by atoms with Crippen LogP contribution < -0.4 is 5.32 Å². The van der Waals surface area contributed by atoms with Crippen molar-refractivity contribution in [2.24, 2.45) is 5.92 Å². The third-order valence-electron chi connectivity index (χ3n) is 2.45. The molecule has 0 heterocycles. The molecule has 0 aliphatic rings. The maximum absolute atomic E-state index is 11.3. The van der Waals surface area contributed by atoms with Crippen LogP contribution in [0.15, 0.2) is 0 Å². The summed E-state index contributed by atoms with van der Waals surface area (Å²) in [5.41, 5.74) is 0. The predicted molar refractivity (Wildman–Crippen MR) is 59.6 cm³/mol. The highest BCUT2D eigenvalue weighted by Crippen LogP contribution is 2.01. The van der Waals surface area contributed by atoms with Gasteiger partial charge in [0.2, 0.25) is 5.91 Å². The van der Waals surface area contributed by atoms with Crippen molar-refractivity contribution in [3.8, 4) is 0 Å². The Kier molecular flexibility index (Phi) is 8.33. The van der Waals surface area contributed by atoms with Crippen molar-refractivity contribution in [3.63, 3.8) is 0 Å². The number of ether oxygens (including phenoxy) is 1. The second kappa shape index (κ2) is 8.68. The molecule has 0 fully saturated rings. The summed E-state index contributed by atoms with van der Waals surface area (Å²) in [4.78, 5) is 11.3. The highest BCUT2D eigenvalue weighted by atomic mass is 16.5. The molecule has 2 atom stereocenters. The van der Waals surface area contributed by atoms with Crippen LogP contribution in [0.2, 0.25) is 0 Å². The molecule has 90 valence electrons. The molecule has 0 rings (SSSR count).